The zero-order valence-corrected chi connectivity index (χ0v) is 14.2. The standard InChI is InChI=1S/C19H20FN5O/c20-16-2-1-3-17(8-16)26-19-5-4-14(11-23-19)9-21-10-15-12-22-18-6-7-24-25(18)13-15/h1-8,11,15,21-22H,9-10,12-13H2/t15-/m1/s1. The molecule has 0 aliphatic carbocycles. The van der Waals surface area contributed by atoms with E-state index in [-0.39, 0.29) is 5.82 Å². The van der Waals surface area contributed by atoms with Gasteiger partial charge in [0.15, 0.2) is 0 Å². The number of benzene rings is 1. The molecule has 0 radical (unpaired) electrons. The second-order valence-corrected chi connectivity index (χ2v) is 6.34. The minimum absolute atomic E-state index is 0.331. The molecule has 0 amide bonds. The largest absolute Gasteiger partial charge is 0.439 e. The molecule has 2 aromatic heterocycles. The number of ether oxygens (including phenoxy) is 1. The van der Waals surface area contributed by atoms with Crippen LogP contribution in [0.2, 0.25) is 0 Å². The van der Waals surface area contributed by atoms with E-state index in [0.29, 0.717) is 17.5 Å². The fourth-order valence-electron chi connectivity index (χ4n) is 2.97. The number of nitrogens with one attached hydrogen (secondary N) is 2. The van der Waals surface area contributed by atoms with E-state index >= 15 is 0 Å². The van der Waals surface area contributed by atoms with Gasteiger partial charge in [0.2, 0.25) is 5.88 Å². The molecule has 1 aromatic carbocycles. The van der Waals surface area contributed by atoms with Gasteiger partial charge in [0.05, 0.1) is 6.20 Å². The van der Waals surface area contributed by atoms with Crippen molar-refractivity contribution in [2.75, 3.05) is 18.4 Å². The smallest absolute Gasteiger partial charge is 0.219 e. The number of hydrogen-bond acceptors (Lipinski definition) is 5. The summed E-state index contributed by atoms with van der Waals surface area (Å²) in [6.45, 7) is 3.49. The Bertz CT molecular complexity index is 864. The Morgan fingerprint density at radius 2 is 2.23 bits per heavy atom. The van der Waals surface area contributed by atoms with Crippen LogP contribution >= 0.6 is 0 Å². The maximum Gasteiger partial charge on any atom is 0.219 e. The lowest BCUT2D eigenvalue weighted by molar-refractivity contribution is 0.391. The van der Waals surface area contributed by atoms with Gasteiger partial charge in [-0.15, -0.1) is 0 Å². The first-order valence-corrected chi connectivity index (χ1v) is 8.61. The van der Waals surface area contributed by atoms with E-state index in [0.717, 1.165) is 37.6 Å². The molecule has 0 saturated heterocycles. The van der Waals surface area contributed by atoms with Crippen molar-refractivity contribution >= 4 is 5.82 Å². The van der Waals surface area contributed by atoms with E-state index in [1.807, 2.05) is 23.0 Å². The summed E-state index contributed by atoms with van der Waals surface area (Å²) in [5.74, 6) is 2.13. The number of fused-ring (bicyclic) bond motifs is 1. The molecule has 0 saturated carbocycles. The Labute approximate surface area is 151 Å². The molecule has 3 heterocycles. The van der Waals surface area contributed by atoms with Crippen molar-refractivity contribution in [2.24, 2.45) is 5.92 Å². The van der Waals surface area contributed by atoms with Crippen LogP contribution in [0, 0.1) is 11.7 Å². The quantitative estimate of drug-likeness (QED) is 0.713. The summed E-state index contributed by atoms with van der Waals surface area (Å²) in [5, 5.41) is 11.1. The third-order valence-electron chi connectivity index (χ3n) is 4.30. The van der Waals surface area contributed by atoms with E-state index in [2.05, 4.69) is 20.7 Å². The number of nitrogens with zero attached hydrogens (tertiary/aromatic N) is 3. The minimum Gasteiger partial charge on any atom is -0.439 e. The maximum atomic E-state index is 13.2. The van der Waals surface area contributed by atoms with Crippen LogP contribution in [0.25, 0.3) is 0 Å². The molecule has 2 N–H and O–H groups in total. The first-order chi connectivity index (χ1) is 12.8. The number of aromatic nitrogens is 3. The molecule has 0 spiro atoms. The van der Waals surface area contributed by atoms with Crippen molar-refractivity contribution in [3.63, 3.8) is 0 Å². The first kappa shape index (κ1) is 16.5. The van der Waals surface area contributed by atoms with Crippen molar-refractivity contribution in [2.45, 2.75) is 13.1 Å². The SMILES string of the molecule is Fc1cccc(Oc2ccc(CNC[C@@H]3CNc4ccnn4C3)cn2)c1. The third kappa shape index (κ3) is 4.00. The van der Waals surface area contributed by atoms with Gasteiger partial charge in [0.1, 0.15) is 17.4 Å². The molecule has 1 aliphatic heterocycles. The summed E-state index contributed by atoms with van der Waals surface area (Å²) in [6.07, 6.45) is 3.59. The van der Waals surface area contributed by atoms with E-state index in [4.69, 9.17) is 4.74 Å². The molecule has 6 nitrogen and oxygen atoms in total. The highest BCUT2D eigenvalue weighted by Gasteiger charge is 2.17. The molecule has 3 aromatic rings. The molecule has 7 heteroatoms. The first-order valence-electron chi connectivity index (χ1n) is 8.61. The highest BCUT2D eigenvalue weighted by atomic mass is 19.1. The van der Waals surface area contributed by atoms with Gasteiger partial charge in [0.25, 0.3) is 0 Å². The molecule has 0 unspecified atom stereocenters. The van der Waals surface area contributed by atoms with Crippen molar-refractivity contribution in [3.05, 3.63) is 66.2 Å². The van der Waals surface area contributed by atoms with Crippen molar-refractivity contribution < 1.29 is 9.13 Å². The van der Waals surface area contributed by atoms with E-state index < -0.39 is 0 Å². The summed E-state index contributed by atoms with van der Waals surface area (Å²) in [5.41, 5.74) is 1.07. The fraction of sp³-hybridized carbons (Fsp3) is 0.263. The third-order valence-corrected chi connectivity index (χ3v) is 4.30. The van der Waals surface area contributed by atoms with Gasteiger partial charge in [-0.1, -0.05) is 12.1 Å². The average Bonchev–Trinajstić information content (AvgIpc) is 3.11. The number of pyridine rings is 1. The minimum atomic E-state index is -0.331. The number of anilines is 1. The lowest BCUT2D eigenvalue weighted by Crippen LogP contribution is -2.35. The normalized spacial score (nSPS) is 16.0. The van der Waals surface area contributed by atoms with E-state index in [9.17, 15) is 4.39 Å². The molecule has 0 bridgehead atoms. The second-order valence-electron chi connectivity index (χ2n) is 6.34. The lowest BCUT2D eigenvalue weighted by Gasteiger charge is -2.25. The Hall–Kier alpha value is -2.93. The van der Waals surface area contributed by atoms with Crippen LogP contribution in [0.3, 0.4) is 0 Å². The topological polar surface area (TPSA) is 64.0 Å². The van der Waals surface area contributed by atoms with Gasteiger partial charge in [0, 0.05) is 56.5 Å². The van der Waals surface area contributed by atoms with Crippen LogP contribution in [0.15, 0.2) is 54.9 Å². The van der Waals surface area contributed by atoms with Gasteiger partial charge in [-0.05, 0) is 17.7 Å². The van der Waals surface area contributed by atoms with Gasteiger partial charge in [-0.3, -0.25) is 0 Å². The van der Waals surface area contributed by atoms with Gasteiger partial charge in [-0.25, -0.2) is 14.1 Å². The fourth-order valence-corrected chi connectivity index (χ4v) is 2.97. The zero-order chi connectivity index (χ0) is 17.8. The van der Waals surface area contributed by atoms with E-state index in [1.54, 1.807) is 24.4 Å². The van der Waals surface area contributed by atoms with Crippen LogP contribution in [0.5, 0.6) is 11.6 Å². The Balaban J connectivity index is 1.25. The monoisotopic (exact) mass is 353 g/mol. The summed E-state index contributed by atoms with van der Waals surface area (Å²) in [7, 11) is 0. The van der Waals surface area contributed by atoms with Crippen molar-refractivity contribution in [1.29, 1.82) is 0 Å². The Morgan fingerprint density at radius 3 is 3.08 bits per heavy atom. The number of rotatable bonds is 6. The van der Waals surface area contributed by atoms with Gasteiger partial charge in [-0.2, -0.15) is 5.10 Å². The number of halogens is 1. The van der Waals surface area contributed by atoms with Crippen LogP contribution < -0.4 is 15.4 Å². The highest BCUT2D eigenvalue weighted by molar-refractivity contribution is 5.35. The van der Waals surface area contributed by atoms with E-state index in [1.165, 1.54) is 12.1 Å². The molecule has 1 aliphatic rings. The maximum absolute atomic E-state index is 13.2. The zero-order valence-electron chi connectivity index (χ0n) is 14.2. The highest BCUT2D eigenvalue weighted by Crippen LogP contribution is 2.20. The van der Waals surface area contributed by atoms with Crippen LogP contribution in [0.1, 0.15) is 5.56 Å². The predicted molar refractivity (Wildman–Crippen MR) is 96.6 cm³/mol. The summed E-state index contributed by atoms with van der Waals surface area (Å²) >= 11 is 0. The molecular weight excluding hydrogens is 333 g/mol. The van der Waals surface area contributed by atoms with Crippen LogP contribution in [0.4, 0.5) is 10.2 Å². The molecule has 1 atom stereocenters. The second kappa shape index (κ2) is 7.53. The summed E-state index contributed by atoms with van der Waals surface area (Å²) < 4.78 is 20.7. The lowest BCUT2D eigenvalue weighted by atomic mass is 10.1. The molecule has 26 heavy (non-hydrogen) atoms. The Morgan fingerprint density at radius 1 is 1.27 bits per heavy atom. The van der Waals surface area contributed by atoms with Crippen LogP contribution in [-0.2, 0) is 13.1 Å². The van der Waals surface area contributed by atoms with Crippen LogP contribution in [-0.4, -0.2) is 27.9 Å². The number of hydrogen-bond donors (Lipinski definition) is 2. The summed E-state index contributed by atoms with van der Waals surface area (Å²) in [6, 6.07) is 11.8. The van der Waals surface area contributed by atoms with Gasteiger partial charge < -0.3 is 15.4 Å². The summed E-state index contributed by atoms with van der Waals surface area (Å²) in [4.78, 5) is 4.28. The molecule has 134 valence electrons. The average molecular weight is 353 g/mol. The predicted octanol–water partition coefficient (Wildman–Crippen LogP) is 3.04. The molecular formula is C19H20FN5O. The molecule has 0 fully saturated rings. The Kier molecular flexibility index (Phi) is 4.79. The molecule has 4 rings (SSSR count). The van der Waals surface area contributed by atoms with Gasteiger partial charge >= 0.3 is 0 Å². The van der Waals surface area contributed by atoms with Crippen molar-refractivity contribution in [1.82, 2.24) is 20.1 Å². The van der Waals surface area contributed by atoms with Crippen molar-refractivity contribution in [3.8, 4) is 11.6 Å².